The van der Waals surface area contributed by atoms with Crippen LogP contribution in [0.5, 0.6) is 11.5 Å². The van der Waals surface area contributed by atoms with Gasteiger partial charge in [0.2, 0.25) is 0 Å². The molecule has 2 nitrogen and oxygen atoms in total. The van der Waals surface area contributed by atoms with Crippen molar-refractivity contribution in [3.63, 3.8) is 0 Å². The van der Waals surface area contributed by atoms with Crippen LogP contribution < -0.4 is 4.74 Å². The second-order valence-electron chi connectivity index (χ2n) is 3.68. The van der Waals surface area contributed by atoms with Gasteiger partial charge in [-0.3, -0.25) is 0 Å². The summed E-state index contributed by atoms with van der Waals surface area (Å²) in [5.41, 5.74) is 0.966. The standard InChI is InChI=1S/C12H16O2.2ClH.Ru/c1-5-13-11-6-7-12(10(4)8-11)14-9(2)3;;;/h4,6-9H,5H2,1-3H3;2*1H;/q;;;+2/p-1. The van der Waals surface area contributed by atoms with Crippen LogP contribution in [0.2, 0.25) is 0 Å². The van der Waals surface area contributed by atoms with E-state index in [1.54, 1.807) is 0 Å². The van der Waals surface area contributed by atoms with Crippen LogP contribution in [0.1, 0.15) is 26.3 Å². The van der Waals surface area contributed by atoms with Gasteiger partial charge in [-0.05, 0) is 0 Å². The molecular weight excluding hydrogens is 348 g/mol. The van der Waals surface area contributed by atoms with Gasteiger partial charge in [-0.15, -0.1) is 0 Å². The van der Waals surface area contributed by atoms with Crippen molar-refractivity contribution in [3.8, 4) is 11.5 Å². The van der Waals surface area contributed by atoms with Crippen LogP contribution in [0.25, 0.3) is 0 Å². The summed E-state index contributed by atoms with van der Waals surface area (Å²) in [5, 5.41) is 0. The average Bonchev–Trinajstić information content (AvgIpc) is 2.21. The molecule has 0 radical (unpaired) electrons. The molecule has 5 heteroatoms. The van der Waals surface area contributed by atoms with E-state index < -0.39 is 13.5 Å². The second-order valence-corrected chi connectivity index (χ2v) is 9.41. The van der Waals surface area contributed by atoms with Crippen LogP contribution >= 0.6 is 19.4 Å². The van der Waals surface area contributed by atoms with Crippen LogP contribution in [0.4, 0.5) is 0 Å². The van der Waals surface area contributed by atoms with E-state index in [1.165, 1.54) is 0 Å². The summed E-state index contributed by atoms with van der Waals surface area (Å²) in [7, 11) is 11.8. The maximum absolute atomic E-state index is 5.92. The third-order valence-electron chi connectivity index (χ3n) is 1.89. The number of benzene rings is 1. The van der Waals surface area contributed by atoms with Gasteiger partial charge in [0.15, 0.2) is 0 Å². The molecule has 1 aromatic carbocycles. The van der Waals surface area contributed by atoms with Crippen LogP contribution in [0.15, 0.2) is 18.2 Å². The van der Waals surface area contributed by atoms with Crippen molar-refractivity contribution >= 4 is 24.0 Å². The van der Waals surface area contributed by atoms with Crippen LogP contribution in [-0.4, -0.2) is 22.1 Å². The van der Waals surface area contributed by atoms with Gasteiger partial charge < -0.3 is 0 Å². The summed E-state index contributed by atoms with van der Waals surface area (Å²) in [6.45, 7) is 6.67. The number of aromatic hydroxyl groups is 1. The maximum atomic E-state index is 5.92. The Morgan fingerprint density at radius 2 is 2.12 bits per heavy atom. The average molecular weight is 365 g/mol. The summed E-state index contributed by atoms with van der Waals surface area (Å²) < 4.78 is 11.9. The van der Waals surface area contributed by atoms with Gasteiger partial charge in [0, 0.05) is 0 Å². The van der Waals surface area contributed by atoms with Gasteiger partial charge in [-0.25, -0.2) is 0 Å². The van der Waals surface area contributed by atoms with E-state index in [9.17, 15) is 0 Å². The first kappa shape index (κ1) is 15.0. The molecule has 1 N–H and O–H groups in total. The minimum absolute atomic E-state index is 0.242. The molecule has 0 aromatic heterocycles. The molecular formula is C12H17Cl2O2Ru+. The predicted octanol–water partition coefficient (Wildman–Crippen LogP) is 3.81. The topological polar surface area (TPSA) is 22.0 Å². The molecule has 0 saturated carbocycles. The first-order valence-corrected chi connectivity index (χ1v) is 10.8. The van der Waals surface area contributed by atoms with Crippen LogP contribution in [0.3, 0.4) is 0 Å². The zero-order valence-electron chi connectivity index (χ0n) is 10.1. The van der Waals surface area contributed by atoms with E-state index in [-0.39, 0.29) is 6.10 Å². The Kier molecular flexibility index (Phi) is 6.47. The Labute approximate surface area is 115 Å². The Balaban J connectivity index is 3.07. The van der Waals surface area contributed by atoms with E-state index in [0.717, 1.165) is 17.1 Å². The van der Waals surface area contributed by atoms with Gasteiger partial charge in [-0.1, -0.05) is 0 Å². The normalized spacial score (nSPS) is 11.3. The molecule has 0 saturated heterocycles. The third-order valence-corrected chi connectivity index (χ3v) is 3.73. The second kappa shape index (κ2) is 7.35. The molecule has 0 atom stereocenters. The molecule has 0 aliphatic rings. The molecule has 17 heavy (non-hydrogen) atoms. The molecule has 0 aliphatic heterocycles. The molecule has 0 fully saturated rings. The quantitative estimate of drug-likeness (QED) is 0.575. The molecule has 1 aromatic rings. The van der Waals surface area contributed by atoms with Crippen LogP contribution in [-0.2, 0) is 13.5 Å². The summed E-state index contributed by atoms with van der Waals surface area (Å²) >= 11 is -1.85. The van der Waals surface area contributed by atoms with Crippen molar-refractivity contribution < 1.29 is 23.0 Å². The minimum atomic E-state index is -1.85. The molecule has 1 rings (SSSR count). The van der Waals surface area contributed by atoms with Crippen molar-refractivity contribution in [2.45, 2.75) is 26.9 Å². The molecule has 0 unspecified atom stereocenters. The summed E-state index contributed by atoms with van der Waals surface area (Å²) in [6.07, 6.45) is 0.242. The van der Waals surface area contributed by atoms with Crippen molar-refractivity contribution in [1.29, 1.82) is 0 Å². The van der Waals surface area contributed by atoms with E-state index in [2.05, 4.69) is 4.74 Å². The van der Waals surface area contributed by atoms with E-state index in [1.807, 2.05) is 43.6 Å². The zero-order valence-corrected chi connectivity index (χ0v) is 13.3. The Morgan fingerprint density at radius 3 is 2.65 bits per heavy atom. The fourth-order valence-electron chi connectivity index (χ4n) is 1.35. The Morgan fingerprint density at radius 1 is 1.41 bits per heavy atom. The number of hydrogen-bond donors (Lipinski definition) is 0. The number of hydrogen-bond acceptors (Lipinski definition) is 1. The molecule has 0 bridgehead atoms. The zero-order chi connectivity index (χ0) is 12.8. The fourth-order valence-corrected chi connectivity index (χ4v) is 3.14. The van der Waals surface area contributed by atoms with Crippen molar-refractivity contribution in [2.24, 2.45) is 0 Å². The number of halogens is 2. The Bertz CT molecular complexity index is 401. The Hall–Kier alpha value is -0.107. The molecule has 0 aliphatic carbocycles. The third kappa shape index (κ3) is 5.37. The van der Waals surface area contributed by atoms with E-state index in [4.69, 9.17) is 24.1 Å². The number of ether oxygens (including phenoxy) is 2. The monoisotopic (exact) mass is 365 g/mol. The van der Waals surface area contributed by atoms with Gasteiger partial charge in [0.1, 0.15) is 0 Å². The molecule has 0 heterocycles. The van der Waals surface area contributed by atoms with Crippen molar-refractivity contribution in [1.82, 2.24) is 0 Å². The van der Waals surface area contributed by atoms with Gasteiger partial charge >= 0.3 is 116 Å². The van der Waals surface area contributed by atoms with E-state index >= 15 is 0 Å². The molecule has 0 amide bonds. The summed E-state index contributed by atoms with van der Waals surface area (Å²) in [4.78, 5) is 0. The summed E-state index contributed by atoms with van der Waals surface area (Å²) in [6, 6.07) is 5.81. The SMILES string of the molecule is CCOc1ccc([OH+]C(C)C)c([CH]=[Ru]([Cl])[Cl])c1. The first-order chi connectivity index (χ1) is 8.02. The first-order valence-electron chi connectivity index (χ1n) is 5.33. The number of aliphatic hydroxyl groups is 1. The number of rotatable bonds is 5. The van der Waals surface area contributed by atoms with Crippen LogP contribution in [0, 0.1) is 0 Å². The molecule has 0 spiro atoms. The fraction of sp³-hybridized carbons (Fsp3) is 0.417. The van der Waals surface area contributed by atoms with Gasteiger partial charge in [0.05, 0.1) is 0 Å². The predicted molar refractivity (Wildman–Crippen MR) is 71.3 cm³/mol. The van der Waals surface area contributed by atoms with Gasteiger partial charge in [0.25, 0.3) is 0 Å². The van der Waals surface area contributed by atoms with Crippen molar-refractivity contribution in [3.05, 3.63) is 23.8 Å². The summed E-state index contributed by atoms with van der Waals surface area (Å²) in [5.74, 6) is 1.74. The van der Waals surface area contributed by atoms with Crippen molar-refractivity contribution in [2.75, 3.05) is 6.61 Å². The van der Waals surface area contributed by atoms with Gasteiger partial charge in [-0.2, -0.15) is 0 Å². The molecule has 98 valence electrons. The van der Waals surface area contributed by atoms with E-state index in [0.29, 0.717) is 6.61 Å².